The van der Waals surface area contributed by atoms with Gasteiger partial charge in [-0.25, -0.2) is 9.59 Å². The van der Waals surface area contributed by atoms with E-state index in [0.29, 0.717) is 6.42 Å². The Morgan fingerprint density at radius 2 is 1.74 bits per heavy atom. The topological polar surface area (TPSA) is 69.6 Å². The van der Waals surface area contributed by atoms with Crippen molar-refractivity contribution in [2.24, 2.45) is 0 Å². The summed E-state index contributed by atoms with van der Waals surface area (Å²) < 4.78 is 0. The molecule has 0 bridgehead atoms. The smallest absolute Gasteiger partial charge is 0.326 e. The molecule has 0 saturated carbocycles. The molecule has 0 aliphatic carbocycles. The maximum absolute atomic E-state index is 12.1. The van der Waals surface area contributed by atoms with Crippen molar-refractivity contribution in [3.63, 3.8) is 0 Å². The van der Waals surface area contributed by atoms with Gasteiger partial charge in [-0.15, -0.1) is 0 Å². The van der Waals surface area contributed by atoms with Crippen LogP contribution < -0.4 is 5.32 Å². The monoisotopic (exact) mass is 270 g/mol. The Kier molecular flexibility index (Phi) is 7.30. The molecule has 0 unspecified atom stereocenters. The minimum Gasteiger partial charge on any atom is -0.480 e. The van der Waals surface area contributed by atoms with Crippen LogP contribution in [0.5, 0.6) is 0 Å². The lowest BCUT2D eigenvalue weighted by Gasteiger charge is -2.26. The molecule has 0 radical (unpaired) electrons. The third-order valence-electron chi connectivity index (χ3n) is 3.59. The van der Waals surface area contributed by atoms with Gasteiger partial charge in [-0.05, 0) is 19.3 Å². The lowest BCUT2D eigenvalue weighted by atomic mass is 10.1. The number of nitrogens with one attached hydrogen (secondary N) is 1. The number of hydrogen-bond donors (Lipinski definition) is 2. The summed E-state index contributed by atoms with van der Waals surface area (Å²) in [4.78, 5) is 25.0. The van der Waals surface area contributed by atoms with E-state index in [9.17, 15) is 9.59 Å². The van der Waals surface area contributed by atoms with Crippen LogP contribution in [0.2, 0.25) is 0 Å². The van der Waals surface area contributed by atoms with Crippen molar-refractivity contribution in [3.8, 4) is 0 Å². The van der Waals surface area contributed by atoms with Crippen molar-refractivity contribution in [3.05, 3.63) is 0 Å². The number of carbonyl (C=O) groups excluding carboxylic acids is 1. The van der Waals surface area contributed by atoms with Crippen LogP contribution in [-0.2, 0) is 4.79 Å². The zero-order valence-corrected chi connectivity index (χ0v) is 11.9. The normalized spacial score (nSPS) is 18.3. The minimum absolute atomic E-state index is 0.217. The van der Waals surface area contributed by atoms with E-state index in [0.717, 1.165) is 51.6 Å². The molecule has 0 spiro atoms. The van der Waals surface area contributed by atoms with Crippen molar-refractivity contribution >= 4 is 12.0 Å². The van der Waals surface area contributed by atoms with Crippen LogP contribution in [0.25, 0.3) is 0 Å². The molecule has 1 aliphatic heterocycles. The summed E-state index contributed by atoms with van der Waals surface area (Å²) in [6.07, 6.45) is 7.83. The maximum atomic E-state index is 12.1. The zero-order chi connectivity index (χ0) is 14.1. The van der Waals surface area contributed by atoms with Crippen molar-refractivity contribution in [1.82, 2.24) is 10.2 Å². The van der Waals surface area contributed by atoms with E-state index in [1.807, 2.05) is 6.92 Å². The minimum atomic E-state index is -0.936. The Hall–Kier alpha value is -1.26. The van der Waals surface area contributed by atoms with Crippen LogP contribution in [0.15, 0.2) is 0 Å². The van der Waals surface area contributed by atoms with Gasteiger partial charge >= 0.3 is 12.0 Å². The van der Waals surface area contributed by atoms with E-state index in [1.165, 1.54) is 6.42 Å². The third kappa shape index (κ3) is 5.94. The molecule has 110 valence electrons. The summed E-state index contributed by atoms with van der Waals surface area (Å²) in [6.45, 7) is 3.50. The molecule has 5 heteroatoms. The second kappa shape index (κ2) is 8.77. The highest BCUT2D eigenvalue weighted by Gasteiger charge is 2.22. The highest BCUT2D eigenvalue weighted by molar-refractivity contribution is 5.82. The molecule has 1 atom stereocenters. The van der Waals surface area contributed by atoms with Crippen molar-refractivity contribution in [1.29, 1.82) is 0 Å². The number of amides is 2. The molecule has 0 aromatic heterocycles. The van der Waals surface area contributed by atoms with Crippen molar-refractivity contribution < 1.29 is 14.7 Å². The largest absolute Gasteiger partial charge is 0.480 e. The van der Waals surface area contributed by atoms with Gasteiger partial charge in [-0.1, -0.05) is 39.0 Å². The van der Waals surface area contributed by atoms with Gasteiger partial charge in [0.2, 0.25) is 0 Å². The van der Waals surface area contributed by atoms with Crippen LogP contribution >= 0.6 is 0 Å². The molecule has 1 heterocycles. The average molecular weight is 270 g/mol. The summed E-state index contributed by atoms with van der Waals surface area (Å²) in [6, 6.07) is -0.969. The fraction of sp³-hybridized carbons (Fsp3) is 0.857. The van der Waals surface area contributed by atoms with Crippen LogP contribution in [0, 0.1) is 0 Å². The van der Waals surface area contributed by atoms with E-state index >= 15 is 0 Å². The molecule has 1 rings (SSSR count). The fourth-order valence-electron chi connectivity index (χ4n) is 2.36. The Balaban J connectivity index is 2.46. The number of likely N-dealkylation sites (tertiary alicyclic amines) is 1. The Morgan fingerprint density at radius 1 is 1.16 bits per heavy atom. The summed E-state index contributed by atoms with van der Waals surface area (Å²) in [5.41, 5.74) is 0. The molecule has 0 aromatic carbocycles. The van der Waals surface area contributed by atoms with Gasteiger partial charge in [0.05, 0.1) is 0 Å². The third-order valence-corrected chi connectivity index (χ3v) is 3.59. The molecular weight excluding hydrogens is 244 g/mol. The lowest BCUT2D eigenvalue weighted by molar-refractivity contribution is -0.139. The molecule has 1 aliphatic rings. The highest BCUT2D eigenvalue weighted by Crippen LogP contribution is 2.11. The van der Waals surface area contributed by atoms with Gasteiger partial charge in [-0.3, -0.25) is 0 Å². The van der Waals surface area contributed by atoms with Crippen molar-refractivity contribution in [2.75, 3.05) is 13.1 Å². The number of unbranched alkanes of at least 4 members (excludes halogenated alkanes) is 1. The molecule has 2 N–H and O–H groups in total. The first-order valence-corrected chi connectivity index (χ1v) is 7.43. The Morgan fingerprint density at radius 3 is 2.26 bits per heavy atom. The van der Waals surface area contributed by atoms with Gasteiger partial charge in [0.15, 0.2) is 0 Å². The average Bonchev–Trinajstić information content (AvgIpc) is 2.33. The summed E-state index contributed by atoms with van der Waals surface area (Å²) in [5, 5.41) is 11.8. The van der Waals surface area contributed by atoms with Crippen molar-refractivity contribution in [2.45, 2.75) is 64.3 Å². The Labute approximate surface area is 115 Å². The van der Waals surface area contributed by atoms with Crippen LogP contribution in [0.3, 0.4) is 0 Å². The number of urea groups is 1. The summed E-state index contributed by atoms with van der Waals surface area (Å²) >= 11 is 0. The van der Waals surface area contributed by atoms with E-state index in [2.05, 4.69) is 5.32 Å². The first kappa shape index (κ1) is 15.8. The molecular formula is C14H26N2O3. The zero-order valence-electron chi connectivity index (χ0n) is 11.9. The Bertz CT molecular complexity index is 286. The van der Waals surface area contributed by atoms with Gasteiger partial charge in [0.1, 0.15) is 6.04 Å². The van der Waals surface area contributed by atoms with Crippen LogP contribution in [0.1, 0.15) is 58.3 Å². The fourth-order valence-corrected chi connectivity index (χ4v) is 2.36. The van der Waals surface area contributed by atoms with E-state index in [4.69, 9.17) is 5.11 Å². The number of carboxylic acids is 1. The second-order valence-electron chi connectivity index (χ2n) is 5.24. The molecule has 1 saturated heterocycles. The van der Waals surface area contributed by atoms with E-state index in [-0.39, 0.29) is 6.03 Å². The van der Waals surface area contributed by atoms with Gasteiger partial charge in [0.25, 0.3) is 0 Å². The SMILES string of the molecule is CCCC[C@H](NC(=O)N1CCCCCCC1)C(=O)O. The van der Waals surface area contributed by atoms with E-state index in [1.54, 1.807) is 4.90 Å². The quantitative estimate of drug-likeness (QED) is 0.806. The van der Waals surface area contributed by atoms with Crippen LogP contribution in [-0.4, -0.2) is 41.1 Å². The molecule has 2 amide bonds. The maximum Gasteiger partial charge on any atom is 0.326 e. The molecule has 19 heavy (non-hydrogen) atoms. The number of carbonyl (C=O) groups is 2. The number of rotatable bonds is 5. The van der Waals surface area contributed by atoms with E-state index < -0.39 is 12.0 Å². The lowest BCUT2D eigenvalue weighted by Crippen LogP contribution is -2.48. The predicted molar refractivity (Wildman–Crippen MR) is 74.1 cm³/mol. The number of nitrogens with zero attached hydrogens (tertiary/aromatic N) is 1. The highest BCUT2D eigenvalue weighted by atomic mass is 16.4. The summed E-state index contributed by atoms with van der Waals surface area (Å²) in [5.74, 6) is -0.936. The van der Waals surface area contributed by atoms with Gasteiger partial charge in [-0.2, -0.15) is 0 Å². The molecule has 0 aromatic rings. The predicted octanol–water partition coefficient (Wildman–Crippen LogP) is 2.61. The summed E-state index contributed by atoms with van der Waals surface area (Å²) in [7, 11) is 0. The number of carboxylic acid groups (broad SMARTS) is 1. The molecule has 5 nitrogen and oxygen atoms in total. The second-order valence-corrected chi connectivity index (χ2v) is 5.24. The number of aliphatic carboxylic acids is 1. The number of hydrogen-bond acceptors (Lipinski definition) is 2. The first-order chi connectivity index (χ1) is 9.15. The standard InChI is InChI=1S/C14H26N2O3/c1-2-3-9-12(13(17)18)15-14(19)16-10-7-5-4-6-8-11-16/h12H,2-11H2,1H3,(H,15,19)(H,17,18)/t12-/m0/s1. The van der Waals surface area contributed by atoms with Crippen LogP contribution in [0.4, 0.5) is 4.79 Å². The first-order valence-electron chi connectivity index (χ1n) is 7.43. The molecule has 1 fully saturated rings. The van der Waals surface area contributed by atoms with Gasteiger partial charge < -0.3 is 15.3 Å². The van der Waals surface area contributed by atoms with Gasteiger partial charge in [0, 0.05) is 13.1 Å².